The van der Waals surface area contributed by atoms with Gasteiger partial charge < -0.3 is 10.4 Å². The highest BCUT2D eigenvalue weighted by molar-refractivity contribution is 7.89. The van der Waals surface area contributed by atoms with Gasteiger partial charge >= 0.3 is 0 Å². The van der Waals surface area contributed by atoms with E-state index in [9.17, 15) is 13.2 Å². The maximum absolute atomic E-state index is 11.6. The van der Waals surface area contributed by atoms with Gasteiger partial charge in [0.2, 0.25) is 15.9 Å². The van der Waals surface area contributed by atoms with E-state index in [1.807, 2.05) is 6.92 Å². The molecule has 1 amide bonds. The number of nitrogens with two attached hydrogens (primary N) is 1. The number of primary sulfonamides is 1. The number of aliphatic hydroxyl groups is 1. The number of carbonyl (C=O) groups excluding carboxylic acids is 1. The van der Waals surface area contributed by atoms with Gasteiger partial charge in [-0.3, -0.25) is 4.79 Å². The molecule has 1 unspecified atom stereocenters. The lowest BCUT2D eigenvalue weighted by atomic mass is 10.1. The van der Waals surface area contributed by atoms with E-state index in [0.717, 1.165) is 5.56 Å². The molecule has 7 heteroatoms. The number of unbranched alkanes of at least 4 members (excludes halogenated alkanes) is 1. The highest BCUT2D eigenvalue weighted by atomic mass is 32.2. The van der Waals surface area contributed by atoms with Crippen LogP contribution in [0.4, 0.5) is 0 Å². The van der Waals surface area contributed by atoms with Gasteiger partial charge in [0.1, 0.15) is 0 Å². The molecule has 0 saturated heterocycles. The van der Waals surface area contributed by atoms with Gasteiger partial charge in [-0.15, -0.1) is 0 Å². The first-order valence-corrected chi connectivity index (χ1v) is 7.92. The van der Waals surface area contributed by atoms with Crippen LogP contribution in [0.2, 0.25) is 0 Å². The lowest BCUT2D eigenvalue weighted by Gasteiger charge is -2.14. The lowest BCUT2D eigenvalue weighted by molar-refractivity contribution is -0.121. The minimum Gasteiger partial charge on any atom is -0.396 e. The molecule has 112 valence electrons. The van der Waals surface area contributed by atoms with E-state index in [2.05, 4.69) is 5.32 Å². The zero-order valence-electron chi connectivity index (χ0n) is 11.4. The standard InChI is InChI=1S/C13H20N2O4S/c1-10(15-13(17)4-2-3-9-16)11-5-7-12(8-6-11)20(14,18)19/h5-8,10,16H,2-4,9H2,1H3,(H,15,17)(H2,14,18,19). The molecule has 0 saturated carbocycles. The zero-order valence-corrected chi connectivity index (χ0v) is 12.2. The molecule has 0 radical (unpaired) electrons. The Labute approximate surface area is 119 Å². The Morgan fingerprint density at radius 3 is 2.40 bits per heavy atom. The van der Waals surface area contributed by atoms with Gasteiger partial charge in [-0.1, -0.05) is 12.1 Å². The first kappa shape index (κ1) is 16.6. The Morgan fingerprint density at radius 1 is 1.30 bits per heavy atom. The summed E-state index contributed by atoms with van der Waals surface area (Å²) in [6, 6.07) is 5.86. The van der Waals surface area contributed by atoms with Crippen molar-refractivity contribution < 1.29 is 18.3 Å². The Morgan fingerprint density at radius 2 is 1.90 bits per heavy atom. The summed E-state index contributed by atoms with van der Waals surface area (Å²) in [6.07, 6.45) is 1.60. The third kappa shape index (κ3) is 5.28. The van der Waals surface area contributed by atoms with Crippen molar-refractivity contribution in [1.82, 2.24) is 5.32 Å². The number of hydrogen-bond acceptors (Lipinski definition) is 4. The fraction of sp³-hybridized carbons (Fsp3) is 0.462. The zero-order chi connectivity index (χ0) is 15.2. The number of nitrogens with one attached hydrogen (secondary N) is 1. The maximum Gasteiger partial charge on any atom is 0.238 e. The normalized spacial score (nSPS) is 12.9. The highest BCUT2D eigenvalue weighted by Gasteiger charge is 2.11. The average molecular weight is 300 g/mol. The summed E-state index contributed by atoms with van der Waals surface area (Å²) in [7, 11) is -3.69. The molecular formula is C13H20N2O4S. The second-order valence-corrected chi connectivity index (χ2v) is 6.15. The van der Waals surface area contributed by atoms with Crippen molar-refractivity contribution in [2.24, 2.45) is 5.14 Å². The number of sulfonamides is 1. The van der Waals surface area contributed by atoms with Crippen LogP contribution in [0.1, 0.15) is 37.8 Å². The first-order valence-electron chi connectivity index (χ1n) is 6.37. The van der Waals surface area contributed by atoms with E-state index in [1.165, 1.54) is 12.1 Å². The molecule has 0 heterocycles. The minimum absolute atomic E-state index is 0.0442. The number of benzene rings is 1. The second kappa shape index (κ2) is 7.37. The SMILES string of the molecule is CC(NC(=O)CCCCO)c1ccc(S(N)(=O)=O)cc1. The maximum atomic E-state index is 11.6. The van der Waals surface area contributed by atoms with Crippen molar-refractivity contribution in [3.05, 3.63) is 29.8 Å². The van der Waals surface area contributed by atoms with E-state index in [4.69, 9.17) is 10.2 Å². The summed E-state index contributed by atoms with van der Waals surface area (Å²) in [5, 5.41) is 16.5. The van der Waals surface area contributed by atoms with Gasteiger partial charge in [-0.2, -0.15) is 0 Å². The molecular weight excluding hydrogens is 280 g/mol. The van der Waals surface area contributed by atoms with Crippen molar-refractivity contribution in [3.63, 3.8) is 0 Å². The second-order valence-electron chi connectivity index (χ2n) is 4.58. The summed E-state index contributed by atoms with van der Waals surface area (Å²) in [5.41, 5.74) is 0.799. The van der Waals surface area contributed by atoms with Gasteiger partial charge in [-0.25, -0.2) is 13.6 Å². The molecule has 4 N–H and O–H groups in total. The minimum atomic E-state index is -3.69. The van der Waals surface area contributed by atoms with Crippen molar-refractivity contribution in [3.8, 4) is 0 Å². The summed E-state index contributed by atoms with van der Waals surface area (Å²) >= 11 is 0. The van der Waals surface area contributed by atoms with Crippen molar-refractivity contribution >= 4 is 15.9 Å². The predicted molar refractivity (Wildman–Crippen MR) is 75.3 cm³/mol. The number of amides is 1. The Kier molecular flexibility index (Phi) is 6.12. The van der Waals surface area contributed by atoms with Gasteiger partial charge in [0.15, 0.2) is 0 Å². The van der Waals surface area contributed by atoms with Gasteiger partial charge in [0.05, 0.1) is 10.9 Å². The molecule has 0 aliphatic rings. The molecule has 1 aromatic rings. The monoisotopic (exact) mass is 300 g/mol. The average Bonchev–Trinajstić information content (AvgIpc) is 2.38. The van der Waals surface area contributed by atoms with Gasteiger partial charge in [0.25, 0.3) is 0 Å². The molecule has 6 nitrogen and oxygen atoms in total. The van der Waals surface area contributed by atoms with E-state index < -0.39 is 10.0 Å². The van der Waals surface area contributed by atoms with Gasteiger partial charge in [-0.05, 0) is 37.5 Å². The molecule has 0 aliphatic carbocycles. The fourth-order valence-corrected chi connectivity index (χ4v) is 2.26. The Balaban J connectivity index is 2.60. The molecule has 0 fully saturated rings. The van der Waals surface area contributed by atoms with Crippen LogP contribution >= 0.6 is 0 Å². The van der Waals surface area contributed by atoms with Crippen molar-refractivity contribution in [2.45, 2.75) is 37.1 Å². The Hall–Kier alpha value is -1.44. The van der Waals surface area contributed by atoms with Crippen LogP contribution in [-0.2, 0) is 14.8 Å². The molecule has 20 heavy (non-hydrogen) atoms. The summed E-state index contributed by atoms with van der Waals surface area (Å²) in [5.74, 6) is -0.0959. The smallest absolute Gasteiger partial charge is 0.238 e. The highest BCUT2D eigenvalue weighted by Crippen LogP contribution is 2.15. The topological polar surface area (TPSA) is 109 Å². The number of hydrogen-bond donors (Lipinski definition) is 3. The van der Waals surface area contributed by atoms with Crippen LogP contribution < -0.4 is 10.5 Å². The van der Waals surface area contributed by atoms with Crippen molar-refractivity contribution in [2.75, 3.05) is 6.61 Å². The third-order valence-electron chi connectivity index (χ3n) is 2.90. The van der Waals surface area contributed by atoms with Crippen LogP contribution in [0.25, 0.3) is 0 Å². The quantitative estimate of drug-likeness (QED) is 0.643. The summed E-state index contributed by atoms with van der Waals surface area (Å²) in [6.45, 7) is 1.90. The van der Waals surface area contributed by atoms with E-state index >= 15 is 0 Å². The van der Waals surface area contributed by atoms with E-state index in [0.29, 0.717) is 19.3 Å². The molecule has 0 aliphatic heterocycles. The summed E-state index contributed by atoms with van der Waals surface area (Å²) in [4.78, 5) is 11.7. The lowest BCUT2D eigenvalue weighted by Crippen LogP contribution is -2.26. The molecule has 1 rings (SSSR count). The number of carbonyl (C=O) groups is 1. The van der Waals surface area contributed by atoms with E-state index in [1.54, 1.807) is 12.1 Å². The largest absolute Gasteiger partial charge is 0.396 e. The number of rotatable bonds is 7. The van der Waals surface area contributed by atoms with Crippen molar-refractivity contribution in [1.29, 1.82) is 0 Å². The first-order chi connectivity index (χ1) is 9.34. The molecule has 0 bridgehead atoms. The van der Waals surface area contributed by atoms with Crippen LogP contribution in [-0.4, -0.2) is 26.0 Å². The van der Waals surface area contributed by atoms with Crippen LogP contribution in [0.5, 0.6) is 0 Å². The predicted octanol–water partition coefficient (Wildman–Crippen LogP) is 0.674. The molecule has 0 aromatic heterocycles. The third-order valence-corrected chi connectivity index (χ3v) is 3.83. The fourth-order valence-electron chi connectivity index (χ4n) is 1.74. The Bertz CT molecular complexity index is 540. The number of aliphatic hydroxyl groups excluding tert-OH is 1. The molecule has 1 atom stereocenters. The van der Waals surface area contributed by atoms with Crippen LogP contribution in [0.3, 0.4) is 0 Å². The molecule has 0 spiro atoms. The molecule has 1 aromatic carbocycles. The van der Waals surface area contributed by atoms with Crippen LogP contribution in [0, 0.1) is 0 Å². The summed E-state index contributed by atoms with van der Waals surface area (Å²) < 4.78 is 22.3. The van der Waals surface area contributed by atoms with E-state index in [-0.39, 0.29) is 23.5 Å². The van der Waals surface area contributed by atoms with Gasteiger partial charge in [0, 0.05) is 13.0 Å². The van der Waals surface area contributed by atoms with Crippen LogP contribution in [0.15, 0.2) is 29.2 Å².